The van der Waals surface area contributed by atoms with E-state index in [1.54, 1.807) is 6.20 Å². The highest BCUT2D eigenvalue weighted by Crippen LogP contribution is 2.17. The van der Waals surface area contributed by atoms with E-state index >= 15 is 0 Å². The Balaban J connectivity index is 2.02. The van der Waals surface area contributed by atoms with E-state index in [9.17, 15) is 4.79 Å². The highest BCUT2D eigenvalue weighted by molar-refractivity contribution is 5.79. The van der Waals surface area contributed by atoms with E-state index in [2.05, 4.69) is 31.2 Å². The molecule has 4 heteroatoms. The van der Waals surface area contributed by atoms with Gasteiger partial charge >= 0.3 is 5.97 Å². The smallest absolute Gasteiger partial charge is 0.329 e. The number of aryl methyl sites for hydroxylation is 1. The molecule has 1 N–H and O–H groups in total. The lowest BCUT2D eigenvalue weighted by Gasteiger charge is -2.26. The van der Waals surface area contributed by atoms with Gasteiger partial charge in [-0.3, -0.25) is 0 Å². The number of carboxylic acid groups (broad SMARTS) is 1. The van der Waals surface area contributed by atoms with Crippen LogP contribution >= 0.6 is 0 Å². The molecule has 0 bridgehead atoms. The topological polar surface area (TPSA) is 49.8 Å². The molecule has 0 radical (unpaired) electrons. The average molecular weight is 315 g/mol. The molecule has 1 aliphatic rings. The van der Waals surface area contributed by atoms with Crippen LogP contribution in [0.5, 0.6) is 0 Å². The highest BCUT2D eigenvalue weighted by atomic mass is 16.5. The van der Waals surface area contributed by atoms with Gasteiger partial charge < -0.3 is 14.7 Å². The van der Waals surface area contributed by atoms with E-state index in [0.717, 1.165) is 44.6 Å². The van der Waals surface area contributed by atoms with Gasteiger partial charge in [-0.15, -0.1) is 0 Å². The van der Waals surface area contributed by atoms with E-state index in [0.29, 0.717) is 5.92 Å². The summed E-state index contributed by atoms with van der Waals surface area (Å²) >= 11 is 0. The number of carbonyl (C=O) groups is 1. The van der Waals surface area contributed by atoms with Crippen molar-refractivity contribution in [1.82, 2.24) is 4.90 Å². The Kier molecular flexibility index (Phi) is 6.88. The summed E-state index contributed by atoms with van der Waals surface area (Å²) in [4.78, 5) is 12.7. The second-order valence-electron chi connectivity index (χ2n) is 5.82. The summed E-state index contributed by atoms with van der Waals surface area (Å²) < 4.78 is 5.38. The molecule has 1 heterocycles. The number of rotatable bonds is 7. The molecule has 0 saturated carbocycles. The Labute approximate surface area is 138 Å². The maximum Gasteiger partial charge on any atom is 0.329 e. The number of carboxylic acids is 1. The zero-order chi connectivity index (χ0) is 16.5. The summed E-state index contributed by atoms with van der Waals surface area (Å²) in [5.74, 6) is -0.392. The van der Waals surface area contributed by atoms with Crippen molar-refractivity contribution in [3.8, 4) is 0 Å². The Hall–Kier alpha value is -2.07. The maximum absolute atomic E-state index is 10.8. The van der Waals surface area contributed by atoms with Crippen molar-refractivity contribution in [2.75, 3.05) is 19.8 Å². The molecule has 0 spiro atoms. The van der Waals surface area contributed by atoms with Gasteiger partial charge in [0.05, 0.1) is 0 Å². The standard InChI is InChI=1S/C19H25NO3/c1-2-16-3-5-17(6-4-16)7-11-20(12-8-19(21)22)15-18-9-13-23-14-10-18/h3-8,11-12,18H,2,9-10,13-15H2,1H3,(H,21,22)/b11-7+,12-8+. The van der Waals surface area contributed by atoms with Crippen molar-refractivity contribution >= 4 is 12.0 Å². The first-order chi connectivity index (χ1) is 11.2. The van der Waals surface area contributed by atoms with Crippen LogP contribution in [0.2, 0.25) is 0 Å². The van der Waals surface area contributed by atoms with Crippen LogP contribution < -0.4 is 0 Å². The molecule has 0 aliphatic carbocycles. The SMILES string of the molecule is CCc1ccc(/C=C/N(/C=C/C(=O)O)CC2CCOCC2)cc1. The van der Waals surface area contributed by atoms with E-state index in [1.807, 2.05) is 17.2 Å². The summed E-state index contributed by atoms with van der Waals surface area (Å²) in [5, 5.41) is 8.85. The minimum absolute atomic E-state index is 0.536. The van der Waals surface area contributed by atoms with Crippen LogP contribution in [0, 0.1) is 5.92 Å². The molecule has 4 nitrogen and oxygen atoms in total. The van der Waals surface area contributed by atoms with Crippen LogP contribution in [-0.4, -0.2) is 35.7 Å². The number of hydrogen-bond donors (Lipinski definition) is 1. The third-order valence-electron chi connectivity index (χ3n) is 4.06. The van der Waals surface area contributed by atoms with Gasteiger partial charge in [0.1, 0.15) is 0 Å². The predicted molar refractivity (Wildman–Crippen MR) is 91.9 cm³/mol. The molecule has 2 rings (SSSR count). The fraction of sp³-hybridized carbons (Fsp3) is 0.421. The molecule has 1 aromatic rings. The second-order valence-corrected chi connectivity index (χ2v) is 5.82. The van der Waals surface area contributed by atoms with Crippen molar-refractivity contribution in [1.29, 1.82) is 0 Å². The molecule has 0 unspecified atom stereocenters. The fourth-order valence-electron chi connectivity index (χ4n) is 2.60. The van der Waals surface area contributed by atoms with E-state index in [-0.39, 0.29) is 0 Å². The van der Waals surface area contributed by atoms with Gasteiger partial charge in [0, 0.05) is 38.2 Å². The van der Waals surface area contributed by atoms with E-state index in [4.69, 9.17) is 9.84 Å². The Bertz CT molecular complexity index is 542. The van der Waals surface area contributed by atoms with Crippen LogP contribution in [0.25, 0.3) is 6.08 Å². The third kappa shape index (κ3) is 6.28. The molecular formula is C19H25NO3. The molecule has 0 atom stereocenters. The summed E-state index contributed by atoms with van der Waals surface area (Å²) in [7, 11) is 0. The first-order valence-corrected chi connectivity index (χ1v) is 8.19. The molecule has 0 amide bonds. The Morgan fingerprint density at radius 2 is 1.96 bits per heavy atom. The van der Waals surface area contributed by atoms with Gasteiger partial charge in [0.25, 0.3) is 0 Å². The average Bonchev–Trinajstić information content (AvgIpc) is 2.58. The van der Waals surface area contributed by atoms with E-state index < -0.39 is 5.97 Å². The molecular weight excluding hydrogens is 290 g/mol. The molecule has 0 aromatic heterocycles. The fourth-order valence-corrected chi connectivity index (χ4v) is 2.60. The highest BCUT2D eigenvalue weighted by Gasteiger charge is 2.15. The van der Waals surface area contributed by atoms with Gasteiger partial charge in [-0.25, -0.2) is 4.79 Å². The van der Waals surface area contributed by atoms with Crippen LogP contribution in [0.15, 0.2) is 42.7 Å². The van der Waals surface area contributed by atoms with Crippen molar-refractivity contribution < 1.29 is 14.6 Å². The third-order valence-corrected chi connectivity index (χ3v) is 4.06. The van der Waals surface area contributed by atoms with Gasteiger partial charge in [-0.2, -0.15) is 0 Å². The summed E-state index contributed by atoms with van der Waals surface area (Å²) in [6.45, 7) is 4.54. The quantitative estimate of drug-likeness (QED) is 0.782. The van der Waals surface area contributed by atoms with E-state index in [1.165, 1.54) is 11.6 Å². The molecule has 1 aliphatic heterocycles. The number of nitrogens with zero attached hydrogens (tertiary/aromatic N) is 1. The molecule has 124 valence electrons. The molecule has 1 aromatic carbocycles. The minimum atomic E-state index is -0.928. The van der Waals surface area contributed by atoms with Crippen LogP contribution in [0.1, 0.15) is 30.9 Å². The maximum atomic E-state index is 10.8. The summed E-state index contributed by atoms with van der Waals surface area (Å²) in [6, 6.07) is 8.41. The first kappa shape index (κ1) is 17.3. The normalized spacial score (nSPS) is 16.2. The molecule has 1 saturated heterocycles. The van der Waals surface area contributed by atoms with Crippen molar-refractivity contribution in [2.45, 2.75) is 26.2 Å². The predicted octanol–water partition coefficient (Wildman–Crippen LogP) is 3.55. The van der Waals surface area contributed by atoms with Crippen LogP contribution in [0.4, 0.5) is 0 Å². The number of aliphatic carboxylic acids is 1. The van der Waals surface area contributed by atoms with Crippen molar-refractivity contribution in [2.24, 2.45) is 5.92 Å². The lowest BCUT2D eigenvalue weighted by Crippen LogP contribution is -2.26. The summed E-state index contributed by atoms with van der Waals surface area (Å²) in [6.07, 6.45) is 9.87. The minimum Gasteiger partial charge on any atom is -0.478 e. The number of benzene rings is 1. The van der Waals surface area contributed by atoms with Crippen molar-refractivity contribution in [3.05, 3.63) is 53.9 Å². The lowest BCUT2D eigenvalue weighted by molar-refractivity contribution is -0.131. The molecule has 1 fully saturated rings. The van der Waals surface area contributed by atoms with Gasteiger partial charge in [0.15, 0.2) is 0 Å². The molecule has 23 heavy (non-hydrogen) atoms. The summed E-state index contributed by atoms with van der Waals surface area (Å²) in [5.41, 5.74) is 2.43. The monoisotopic (exact) mass is 315 g/mol. The first-order valence-electron chi connectivity index (χ1n) is 8.19. The Morgan fingerprint density at radius 1 is 1.26 bits per heavy atom. The largest absolute Gasteiger partial charge is 0.478 e. The van der Waals surface area contributed by atoms with Gasteiger partial charge in [0.2, 0.25) is 0 Å². The van der Waals surface area contributed by atoms with Crippen molar-refractivity contribution in [3.63, 3.8) is 0 Å². The number of hydrogen-bond acceptors (Lipinski definition) is 3. The van der Waals surface area contributed by atoms with Crippen LogP contribution in [-0.2, 0) is 16.0 Å². The lowest BCUT2D eigenvalue weighted by atomic mass is 10.00. The van der Waals surface area contributed by atoms with Crippen LogP contribution in [0.3, 0.4) is 0 Å². The zero-order valence-corrected chi connectivity index (χ0v) is 13.6. The van der Waals surface area contributed by atoms with Gasteiger partial charge in [-0.1, -0.05) is 31.2 Å². The Morgan fingerprint density at radius 3 is 2.57 bits per heavy atom. The van der Waals surface area contributed by atoms with Gasteiger partial charge in [-0.05, 0) is 42.4 Å². The zero-order valence-electron chi connectivity index (χ0n) is 13.6. The second kappa shape index (κ2) is 9.16. The number of ether oxygens (including phenoxy) is 1.